The number of ether oxygens (including phenoxy) is 1. The average Bonchev–Trinajstić information content (AvgIpc) is 2.25. The third-order valence-electron chi connectivity index (χ3n) is 1.74. The molecule has 0 aliphatic carbocycles. The van der Waals surface area contributed by atoms with E-state index in [2.05, 4.69) is 28.9 Å². The van der Waals surface area contributed by atoms with Crippen LogP contribution in [0.15, 0.2) is 24.3 Å². The first-order valence-electron chi connectivity index (χ1n) is 4.54. The molecule has 1 rings (SSSR count). The molecule has 0 heterocycles. The maximum atomic E-state index is 8.72. The van der Waals surface area contributed by atoms with Crippen molar-refractivity contribution in [3.8, 4) is 11.8 Å². The summed E-state index contributed by atoms with van der Waals surface area (Å²) in [7, 11) is 0. The zero-order valence-corrected chi connectivity index (χ0v) is 9.62. The minimum atomic E-state index is -0.257. The Morgan fingerprint density at radius 3 is 3.00 bits per heavy atom. The minimum Gasteiger partial charge on any atom is -0.494 e. The summed E-state index contributed by atoms with van der Waals surface area (Å²) in [5.74, 6) is 0.823. The molecular weight excluding hydrogens is 242 g/mol. The summed E-state index contributed by atoms with van der Waals surface area (Å²) >= 11 is 3.27. The predicted octanol–water partition coefficient (Wildman–Crippen LogP) is 3.43. The number of hydrogen-bond acceptors (Lipinski definition) is 2. The van der Waals surface area contributed by atoms with Gasteiger partial charge < -0.3 is 4.74 Å². The van der Waals surface area contributed by atoms with Crippen LogP contribution in [0.3, 0.4) is 0 Å². The smallest absolute Gasteiger partial charge is 0.126 e. The van der Waals surface area contributed by atoms with Crippen LogP contribution < -0.4 is 4.74 Å². The summed E-state index contributed by atoms with van der Waals surface area (Å²) in [6, 6.07) is 9.71. The van der Waals surface area contributed by atoms with Gasteiger partial charge in [-0.05, 0) is 24.1 Å². The molecule has 14 heavy (non-hydrogen) atoms. The van der Waals surface area contributed by atoms with E-state index in [1.165, 1.54) is 0 Å². The molecule has 0 amide bonds. The molecule has 0 spiro atoms. The van der Waals surface area contributed by atoms with Gasteiger partial charge in [-0.1, -0.05) is 35.0 Å². The molecule has 0 N–H and O–H groups in total. The molecular formula is C11H12BrNO. The zero-order chi connectivity index (χ0) is 10.4. The molecule has 0 aliphatic rings. The van der Waals surface area contributed by atoms with Crippen molar-refractivity contribution in [3.05, 3.63) is 29.8 Å². The number of halogens is 1. The van der Waals surface area contributed by atoms with E-state index in [9.17, 15) is 0 Å². The van der Waals surface area contributed by atoms with Crippen LogP contribution in [-0.4, -0.2) is 6.61 Å². The number of nitriles is 1. The van der Waals surface area contributed by atoms with E-state index in [-0.39, 0.29) is 4.83 Å². The van der Waals surface area contributed by atoms with Crippen molar-refractivity contribution in [2.24, 2.45) is 0 Å². The van der Waals surface area contributed by atoms with Gasteiger partial charge in [0.05, 0.1) is 12.7 Å². The fourth-order valence-corrected chi connectivity index (χ4v) is 1.34. The second-order valence-corrected chi connectivity index (χ2v) is 3.83. The first-order valence-corrected chi connectivity index (χ1v) is 5.46. The third-order valence-corrected chi connectivity index (χ3v) is 2.47. The maximum absolute atomic E-state index is 8.72. The molecule has 1 aromatic carbocycles. The van der Waals surface area contributed by atoms with E-state index < -0.39 is 0 Å². The molecule has 0 saturated heterocycles. The van der Waals surface area contributed by atoms with Gasteiger partial charge in [0.15, 0.2) is 0 Å². The van der Waals surface area contributed by atoms with Gasteiger partial charge >= 0.3 is 0 Å². The summed E-state index contributed by atoms with van der Waals surface area (Å²) in [6.07, 6.45) is 0.986. The summed E-state index contributed by atoms with van der Waals surface area (Å²) in [5.41, 5.74) is 0.932. The van der Waals surface area contributed by atoms with Crippen LogP contribution >= 0.6 is 15.9 Å². The predicted molar refractivity (Wildman–Crippen MR) is 59.5 cm³/mol. The summed E-state index contributed by atoms with van der Waals surface area (Å²) < 4.78 is 5.46. The first kappa shape index (κ1) is 11.1. The topological polar surface area (TPSA) is 33.0 Å². The Morgan fingerprint density at radius 2 is 2.36 bits per heavy atom. The fourth-order valence-electron chi connectivity index (χ4n) is 1.06. The highest BCUT2D eigenvalue weighted by atomic mass is 79.9. The van der Waals surface area contributed by atoms with Crippen LogP contribution in [0.2, 0.25) is 0 Å². The average molecular weight is 254 g/mol. The Balaban J connectivity index is 2.74. The lowest BCUT2D eigenvalue weighted by molar-refractivity contribution is 0.317. The van der Waals surface area contributed by atoms with Crippen molar-refractivity contribution < 1.29 is 4.74 Å². The highest BCUT2D eigenvalue weighted by Crippen LogP contribution is 2.24. The van der Waals surface area contributed by atoms with Crippen molar-refractivity contribution in [2.75, 3.05) is 6.61 Å². The molecule has 0 bridgehead atoms. The molecule has 0 radical (unpaired) electrons. The third kappa shape index (κ3) is 3.04. The van der Waals surface area contributed by atoms with Gasteiger partial charge in [0, 0.05) is 0 Å². The monoisotopic (exact) mass is 253 g/mol. The number of nitrogens with zero attached hydrogens (tertiary/aromatic N) is 1. The van der Waals surface area contributed by atoms with E-state index in [0.717, 1.165) is 17.7 Å². The van der Waals surface area contributed by atoms with E-state index in [0.29, 0.717) is 6.61 Å². The number of rotatable bonds is 4. The van der Waals surface area contributed by atoms with E-state index in [1.807, 2.05) is 24.3 Å². The normalized spacial score (nSPS) is 11.8. The van der Waals surface area contributed by atoms with Crippen molar-refractivity contribution in [2.45, 2.75) is 18.2 Å². The van der Waals surface area contributed by atoms with Crippen LogP contribution in [-0.2, 0) is 0 Å². The highest BCUT2D eigenvalue weighted by molar-refractivity contribution is 9.09. The summed E-state index contributed by atoms with van der Waals surface area (Å²) in [5, 5.41) is 8.72. The molecule has 0 aromatic heterocycles. The first-order chi connectivity index (χ1) is 6.77. The van der Waals surface area contributed by atoms with Crippen molar-refractivity contribution >= 4 is 15.9 Å². The van der Waals surface area contributed by atoms with Gasteiger partial charge in [-0.3, -0.25) is 0 Å². The van der Waals surface area contributed by atoms with Gasteiger partial charge in [0.25, 0.3) is 0 Å². The lowest BCUT2D eigenvalue weighted by atomic mass is 10.1. The molecule has 1 atom stereocenters. The van der Waals surface area contributed by atoms with Crippen molar-refractivity contribution in [1.29, 1.82) is 5.26 Å². The minimum absolute atomic E-state index is 0.257. The van der Waals surface area contributed by atoms with Gasteiger partial charge in [-0.25, -0.2) is 0 Å². The Kier molecular flexibility index (Phi) is 4.48. The zero-order valence-electron chi connectivity index (χ0n) is 8.03. The number of alkyl halides is 1. The van der Waals surface area contributed by atoms with Crippen LogP contribution in [0.25, 0.3) is 0 Å². The molecule has 74 valence electrons. The quantitative estimate of drug-likeness (QED) is 0.771. The molecule has 0 saturated carbocycles. The Hall–Kier alpha value is -1.01. The van der Waals surface area contributed by atoms with E-state index >= 15 is 0 Å². The van der Waals surface area contributed by atoms with Gasteiger partial charge in [-0.2, -0.15) is 5.26 Å². The van der Waals surface area contributed by atoms with Gasteiger partial charge in [-0.15, -0.1) is 0 Å². The number of benzene rings is 1. The van der Waals surface area contributed by atoms with Crippen LogP contribution in [0.1, 0.15) is 23.7 Å². The molecule has 1 unspecified atom stereocenters. The molecule has 0 aliphatic heterocycles. The molecule has 2 nitrogen and oxygen atoms in total. The van der Waals surface area contributed by atoms with Crippen LogP contribution in [0.4, 0.5) is 0 Å². The molecule has 0 fully saturated rings. The summed E-state index contributed by atoms with van der Waals surface area (Å²) in [4.78, 5) is -0.257. The Bertz CT molecular complexity index is 332. The van der Waals surface area contributed by atoms with Crippen LogP contribution in [0.5, 0.6) is 5.75 Å². The maximum Gasteiger partial charge on any atom is 0.126 e. The standard InChI is InChI=1S/C11H12BrNO/c1-2-6-14-10-5-3-4-9(7-10)11(12)8-13/h3-5,7,11H,2,6H2,1H3. The summed E-state index contributed by atoms with van der Waals surface area (Å²) in [6.45, 7) is 2.77. The molecule has 1 aromatic rings. The Morgan fingerprint density at radius 1 is 1.57 bits per heavy atom. The molecule has 3 heteroatoms. The lowest BCUT2D eigenvalue weighted by Crippen LogP contribution is -1.95. The van der Waals surface area contributed by atoms with Crippen molar-refractivity contribution in [3.63, 3.8) is 0 Å². The van der Waals surface area contributed by atoms with E-state index in [4.69, 9.17) is 10.00 Å². The lowest BCUT2D eigenvalue weighted by Gasteiger charge is -2.06. The van der Waals surface area contributed by atoms with Crippen LogP contribution in [0, 0.1) is 11.3 Å². The van der Waals surface area contributed by atoms with E-state index in [1.54, 1.807) is 0 Å². The largest absolute Gasteiger partial charge is 0.494 e. The number of hydrogen-bond donors (Lipinski definition) is 0. The van der Waals surface area contributed by atoms with Gasteiger partial charge in [0.1, 0.15) is 10.6 Å². The fraction of sp³-hybridized carbons (Fsp3) is 0.364. The van der Waals surface area contributed by atoms with Gasteiger partial charge in [0.2, 0.25) is 0 Å². The SMILES string of the molecule is CCCOc1cccc(C(Br)C#N)c1. The van der Waals surface area contributed by atoms with Crippen molar-refractivity contribution in [1.82, 2.24) is 0 Å². The second kappa shape index (κ2) is 5.66. The highest BCUT2D eigenvalue weighted by Gasteiger charge is 2.05. The second-order valence-electron chi connectivity index (χ2n) is 2.91. The Labute approximate surface area is 92.6 Å².